The molecule has 1 heterocycles. The normalized spacial score (nSPS) is 12.2. The number of hydrogen-bond donors (Lipinski definition) is 0. The lowest BCUT2D eigenvalue weighted by molar-refractivity contribution is -0.276. The molecule has 7 aromatic rings. The van der Waals surface area contributed by atoms with E-state index in [2.05, 4.69) is 92.8 Å². The largest absolute Gasteiger partial charge is 0.573 e. The molecule has 7 rings (SSSR count). The Labute approximate surface area is 643 Å². The molecule has 28 heteroatoms. The first kappa shape index (κ1) is 98.9. The summed E-state index contributed by atoms with van der Waals surface area (Å²) in [6.45, 7) is 45.5. The van der Waals surface area contributed by atoms with Gasteiger partial charge < -0.3 is 4.74 Å². The van der Waals surface area contributed by atoms with Crippen LogP contribution in [0.25, 0.3) is 0 Å². The summed E-state index contributed by atoms with van der Waals surface area (Å²) in [5.41, 5.74) is 15.7. The van der Waals surface area contributed by atoms with E-state index in [1.807, 2.05) is 92.6 Å². The number of sulfone groups is 7. The zero-order chi connectivity index (χ0) is 84.1. The highest BCUT2D eigenvalue weighted by Gasteiger charge is 2.36. The molecule has 600 valence electrons. The topological polar surface area (TPSA) is 261 Å². The molecule has 0 spiro atoms. The van der Waals surface area contributed by atoms with Crippen LogP contribution in [0.5, 0.6) is 5.75 Å². The summed E-state index contributed by atoms with van der Waals surface area (Å²) < 4.78 is 214. The Morgan fingerprint density at radius 2 is 0.598 bits per heavy atom. The van der Waals surface area contributed by atoms with Crippen LogP contribution in [-0.2, 0) is 68.9 Å². The molecule has 0 saturated heterocycles. The van der Waals surface area contributed by atoms with Crippen LogP contribution >= 0.6 is 11.6 Å². The van der Waals surface area contributed by atoms with E-state index in [4.69, 9.17) is 11.6 Å². The van der Waals surface area contributed by atoms with E-state index < -0.39 is 97.6 Å². The second-order valence-electron chi connectivity index (χ2n) is 29.0. The molecule has 107 heavy (non-hydrogen) atoms. The number of ether oxygens (including phenoxy) is 1. The third kappa shape index (κ3) is 29.6. The van der Waals surface area contributed by atoms with Crippen molar-refractivity contribution in [2.75, 3.05) is 43.8 Å². The molecule has 0 unspecified atom stereocenters. The van der Waals surface area contributed by atoms with Crippen molar-refractivity contribution in [3.63, 3.8) is 0 Å². The second-order valence-corrected chi connectivity index (χ2v) is 43.3. The van der Waals surface area contributed by atoms with E-state index in [9.17, 15) is 76.5 Å². The van der Waals surface area contributed by atoms with Crippen LogP contribution in [-0.4, -0.2) is 114 Å². The average Bonchev–Trinajstić information content (AvgIpc) is 0.798. The minimum atomic E-state index is -5.17. The van der Waals surface area contributed by atoms with E-state index in [-0.39, 0.29) is 15.5 Å². The fourth-order valence-electron chi connectivity index (χ4n) is 11.5. The lowest BCUT2D eigenvalue weighted by Gasteiger charge is -2.16. The number of hydrogen-bond acceptors (Lipinski definition) is 16. The highest BCUT2D eigenvalue weighted by Crippen LogP contribution is 2.37. The maximum atomic E-state index is 14.0. The van der Waals surface area contributed by atoms with Gasteiger partial charge >= 0.3 is 6.36 Å². The number of aromatic nitrogens is 1. The Hall–Kier alpha value is -6.07. The Bertz CT molecular complexity index is 4700. The Kier molecular flexibility index (Phi) is 36.3. The smallest absolute Gasteiger partial charge is 0.401 e. The van der Waals surface area contributed by atoms with Gasteiger partial charge in [0, 0.05) is 50.0 Å². The standard InChI is InChI=1S/2C12H18O2S.C11H15ClO2S.C11H12F4O3S.C11H17NO2S.2C11H16O2S/c2*1-8(2)11-6-7-12(15(5,13)14)10(4)9(11)3;1-7(2)9-5-6-10(15(4,13)14)11(12)8(9)3;1-6(2)7-4-5-8(19(3,16)17)10(9(7)12)18-11(13,14)15;1-7(2)10-6-12-11(15(5,13)14)9(4)8(10)3;2*1-8(2)11-6-5-10(7-9(11)3)14(4,12)13/h2*6-8H,1-5H3;5-7H,1-4H3;4-6H,1-3H3;6-7H,1-5H3;2*5-8H,1-4H3. The maximum absolute atomic E-state index is 14.0. The van der Waals surface area contributed by atoms with Gasteiger partial charge in [-0.15, -0.1) is 13.2 Å². The zero-order valence-electron chi connectivity index (χ0n) is 67.5. The van der Waals surface area contributed by atoms with Crippen molar-refractivity contribution in [2.24, 2.45) is 0 Å². The summed E-state index contributed by atoms with van der Waals surface area (Å²) >= 11 is 6.05. The molecule has 0 amide bonds. The zero-order valence-corrected chi connectivity index (χ0v) is 74.0. The fraction of sp³-hybridized carbons (Fsp3) is 0.481. The highest BCUT2D eigenvalue weighted by atomic mass is 35.5. The minimum Gasteiger partial charge on any atom is -0.401 e. The van der Waals surface area contributed by atoms with Crippen LogP contribution in [0.3, 0.4) is 0 Å². The summed E-state index contributed by atoms with van der Waals surface area (Å²) in [7, 11) is -22.8. The van der Waals surface area contributed by atoms with Gasteiger partial charge in [-0.3, -0.25) is 0 Å². The van der Waals surface area contributed by atoms with Gasteiger partial charge in [-0.05, 0) is 241 Å². The van der Waals surface area contributed by atoms with Crippen LogP contribution in [0.15, 0.2) is 126 Å². The average molecular weight is 1650 g/mol. The molecule has 0 aliphatic carbocycles. The first-order chi connectivity index (χ1) is 48.1. The Morgan fingerprint density at radius 1 is 0.327 bits per heavy atom. The predicted molar refractivity (Wildman–Crippen MR) is 428 cm³/mol. The Balaban J connectivity index is 0.000000625. The van der Waals surface area contributed by atoms with E-state index in [1.54, 1.807) is 62.5 Å². The van der Waals surface area contributed by atoms with Crippen molar-refractivity contribution in [2.45, 2.75) is 241 Å². The Morgan fingerprint density at radius 3 is 0.869 bits per heavy atom. The van der Waals surface area contributed by atoms with Gasteiger partial charge in [0.2, 0.25) is 0 Å². The molecule has 16 nitrogen and oxygen atoms in total. The van der Waals surface area contributed by atoms with Gasteiger partial charge in [0.15, 0.2) is 85.5 Å². The van der Waals surface area contributed by atoms with Gasteiger partial charge in [0.05, 0.1) is 29.5 Å². The number of rotatable bonds is 15. The number of alkyl halides is 3. The monoisotopic (exact) mass is 1650 g/mol. The first-order valence-electron chi connectivity index (χ1n) is 34.2. The fourth-order valence-corrected chi connectivity index (χ4v) is 18.1. The SMILES string of the molecule is CC(C)c1ccc(S(C)(=O)=O)c(OC(F)(F)F)c1F.Cc1c(C(C)C)ccc(S(C)(=O)=O)c1C.Cc1c(C(C)C)ccc(S(C)(=O)=O)c1C.Cc1c(C(C)C)ccc(S(C)(=O)=O)c1Cl.Cc1c(C(C)C)cnc(S(C)(=O)=O)c1C.Cc1cc(S(C)(=O)=O)ccc1C(C)C.Cc1cc(S(C)(=O)=O)ccc1C(C)C. The molecule has 0 aliphatic heterocycles. The molecule has 0 bridgehead atoms. The minimum absolute atomic E-state index is 0.0494. The van der Waals surface area contributed by atoms with Crippen molar-refractivity contribution in [1.29, 1.82) is 0 Å². The third-order valence-electron chi connectivity index (χ3n) is 17.5. The van der Waals surface area contributed by atoms with Gasteiger partial charge in [-0.25, -0.2) is 68.3 Å². The number of pyridine rings is 1. The van der Waals surface area contributed by atoms with Crippen molar-refractivity contribution in [3.8, 4) is 5.75 Å². The van der Waals surface area contributed by atoms with Gasteiger partial charge in [-0.2, -0.15) is 0 Å². The third-order valence-corrected chi connectivity index (χ3v) is 26.2. The molecule has 0 aliphatic rings. The number of nitrogens with zero attached hydrogens (tertiary/aromatic N) is 1. The lowest BCUT2D eigenvalue weighted by atomic mass is 9.95. The van der Waals surface area contributed by atoms with Crippen molar-refractivity contribution in [3.05, 3.63) is 191 Å². The molecule has 0 atom stereocenters. The number of benzene rings is 6. The van der Waals surface area contributed by atoms with Crippen molar-refractivity contribution < 1.29 is 81.2 Å². The molecule has 6 aromatic carbocycles. The quantitative estimate of drug-likeness (QED) is 0.0864. The predicted octanol–water partition coefficient (Wildman–Crippen LogP) is 19.4. The summed E-state index contributed by atoms with van der Waals surface area (Å²) in [6, 6.07) is 23.4. The highest BCUT2D eigenvalue weighted by molar-refractivity contribution is 7.92. The number of aryl methyl sites for hydroxylation is 2. The van der Waals surface area contributed by atoms with Crippen LogP contribution in [0.1, 0.15) is 227 Å². The summed E-state index contributed by atoms with van der Waals surface area (Å²) in [5, 5.41) is 0.549. The molecule has 0 N–H and O–H groups in total. The molecule has 0 fully saturated rings. The van der Waals surface area contributed by atoms with Crippen LogP contribution in [0, 0.1) is 68.1 Å². The summed E-state index contributed by atoms with van der Waals surface area (Å²) in [4.78, 5) is 5.13. The van der Waals surface area contributed by atoms with Crippen molar-refractivity contribution in [1.82, 2.24) is 4.98 Å². The van der Waals surface area contributed by atoms with Gasteiger partial charge in [0.1, 0.15) is 4.90 Å². The molecule has 1 aromatic heterocycles. The van der Waals surface area contributed by atoms with E-state index in [0.29, 0.717) is 66.4 Å². The van der Waals surface area contributed by atoms with Crippen LogP contribution in [0.2, 0.25) is 5.02 Å². The lowest BCUT2D eigenvalue weighted by Crippen LogP contribution is -2.20. The first-order valence-corrected chi connectivity index (χ1v) is 47.8. The number of halogens is 5. The molecule has 0 radical (unpaired) electrons. The van der Waals surface area contributed by atoms with Crippen LogP contribution in [0.4, 0.5) is 17.6 Å². The maximum Gasteiger partial charge on any atom is 0.573 e. The van der Waals surface area contributed by atoms with Gasteiger partial charge in [-0.1, -0.05) is 145 Å². The molecule has 0 saturated carbocycles. The van der Waals surface area contributed by atoms with E-state index >= 15 is 0 Å². The molecular weight excluding hydrogens is 1540 g/mol. The second kappa shape index (κ2) is 39.2. The van der Waals surface area contributed by atoms with Crippen LogP contribution < -0.4 is 4.74 Å². The van der Waals surface area contributed by atoms with E-state index in [1.165, 1.54) is 59.8 Å². The van der Waals surface area contributed by atoms with Gasteiger partial charge in [0.25, 0.3) is 0 Å². The summed E-state index contributed by atoms with van der Waals surface area (Å²) in [5.74, 6) is -0.594. The van der Waals surface area contributed by atoms with E-state index in [0.717, 1.165) is 73.3 Å². The summed E-state index contributed by atoms with van der Waals surface area (Å²) in [6.07, 6.45) is 4.51. The molecular formula is C79H112ClF4NO15S7. The van der Waals surface area contributed by atoms with Crippen molar-refractivity contribution >= 4 is 80.5 Å².